The highest BCUT2D eigenvalue weighted by molar-refractivity contribution is 6.31. The molecule has 72 valence electrons. The minimum atomic E-state index is -2.87. The van der Waals surface area contributed by atoms with Gasteiger partial charge >= 0.3 is 0 Å². The minimum Gasteiger partial charge on any atom is -0.390 e. The van der Waals surface area contributed by atoms with Gasteiger partial charge in [-0.25, -0.2) is 8.78 Å². The fourth-order valence-corrected chi connectivity index (χ4v) is 1.06. The monoisotopic (exact) mass is 209 g/mol. The minimum absolute atomic E-state index is 0.0380. The molecule has 0 atom stereocenters. The predicted octanol–water partition coefficient (Wildman–Crippen LogP) is 1.46. The zero-order valence-electron chi connectivity index (χ0n) is 6.35. The number of pyridine rings is 1. The van der Waals surface area contributed by atoms with Crippen LogP contribution in [0.15, 0.2) is 11.0 Å². The van der Waals surface area contributed by atoms with Crippen LogP contribution >= 0.6 is 11.6 Å². The van der Waals surface area contributed by atoms with E-state index in [0.29, 0.717) is 0 Å². The van der Waals surface area contributed by atoms with Crippen molar-refractivity contribution in [3.05, 3.63) is 32.7 Å². The van der Waals surface area contributed by atoms with Gasteiger partial charge in [0.2, 0.25) is 5.43 Å². The second kappa shape index (κ2) is 3.85. The van der Waals surface area contributed by atoms with Crippen LogP contribution in [0, 0.1) is 0 Å². The molecule has 0 aromatic carbocycles. The van der Waals surface area contributed by atoms with Crippen LogP contribution < -0.4 is 5.43 Å². The molecule has 2 N–H and O–H groups in total. The number of aromatic nitrogens is 1. The third kappa shape index (κ3) is 1.87. The van der Waals surface area contributed by atoms with Gasteiger partial charge in [-0.05, 0) is 0 Å². The van der Waals surface area contributed by atoms with Gasteiger partial charge in [0.1, 0.15) is 5.02 Å². The van der Waals surface area contributed by atoms with E-state index in [1.807, 2.05) is 0 Å². The summed E-state index contributed by atoms with van der Waals surface area (Å²) in [5.41, 5.74) is -1.60. The summed E-state index contributed by atoms with van der Waals surface area (Å²) in [7, 11) is 0. The van der Waals surface area contributed by atoms with Gasteiger partial charge in [0.25, 0.3) is 6.43 Å². The molecule has 0 unspecified atom stereocenters. The lowest BCUT2D eigenvalue weighted by Gasteiger charge is -2.02. The summed E-state index contributed by atoms with van der Waals surface area (Å²) >= 11 is 5.41. The molecule has 0 saturated heterocycles. The lowest BCUT2D eigenvalue weighted by molar-refractivity contribution is 0.149. The summed E-state index contributed by atoms with van der Waals surface area (Å²) in [6.45, 7) is -0.489. The first-order chi connectivity index (χ1) is 6.07. The maximum atomic E-state index is 12.1. The fourth-order valence-electron chi connectivity index (χ4n) is 0.835. The summed E-state index contributed by atoms with van der Waals surface area (Å²) in [4.78, 5) is 13.4. The molecule has 0 aliphatic rings. The number of rotatable bonds is 2. The fraction of sp³-hybridized carbons (Fsp3) is 0.286. The Balaban J connectivity index is 3.32. The van der Waals surface area contributed by atoms with Crippen molar-refractivity contribution in [2.24, 2.45) is 0 Å². The van der Waals surface area contributed by atoms with Crippen LogP contribution in [0.1, 0.15) is 17.7 Å². The number of nitrogens with one attached hydrogen (secondary N) is 1. The molecular weight excluding hydrogens is 204 g/mol. The van der Waals surface area contributed by atoms with Crippen molar-refractivity contribution in [2.75, 3.05) is 0 Å². The molecule has 3 nitrogen and oxygen atoms in total. The van der Waals surface area contributed by atoms with Crippen molar-refractivity contribution in [2.45, 2.75) is 13.0 Å². The smallest absolute Gasteiger partial charge is 0.269 e. The lowest BCUT2D eigenvalue weighted by atomic mass is 10.2. The molecule has 1 aromatic heterocycles. The van der Waals surface area contributed by atoms with Gasteiger partial charge < -0.3 is 10.1 Å². The van der Waals surface area contributed by atoms with Gasteiger partial charge in [-0.3, -0.25) is 4.79 Å². The maximum absolute atomic E-state index is 12.1. The molecule has 0 amide bonds. The third-order valence-electron chi connectivity index (χ3n) is 1.52. The SMILES string of the molecule is O=c1c(C(F)F)c[nH]c(CO)c1Cl. The van der Waals surface area contributed by atoms with Gasteiger partial charge in [-0.15, -0.1) is 0 Å². The van der Waals surface area contributed by atoms with E-state index in [1.165, 1.54) is 0 Å². The normalized spacial score (nSPS) is 10.8. The van der Waals surface area contributed by atoms with E-state index in [4.69, 9.17) is 16.7 Å². The molecule has 1 heterocycles. The second-order valence-electron chi connectivity index (χ2n) is 2.32. The molecule has 0 aliphatic carbocycles. The molecule has 0 saturated carbocycles. The topological polar surface area (TPSA) is 53.1 Å². The number of aliphatic hydroxyl groups is 1. The van der Waals surface area contributed by atoms with Crippen molar-refractivity contribution < 1.29 is 13.9 Å². The van der Waals surface area contributed by atoms with Crippen LogP contribution in [0.25, 0.3) is 0 Å². The average Bonchev–Trinajstić information content (AvgIpc) is 2.09. The molecule has 0 spiro atoms. The molecule has 0 aliphatic heterocycles. The van der Waals surface area contributed by atoms with E-state index < -0.39 is 24.0 Å². The van der Waals surface area contributed by atoms with Crippen LogP contribution in [0.4, 0.5) is 8.78 Å². The quantitative estimate of drug-likeness (QED) is 0.775. The summed E-state index contributed by atoms with van der Waals surface area (Å²) in [5.74, 6) is 0. The Morgan fingerprint density at radius 1 is 1.62 bits per heavy atom. The number of aromatic amines is 1. The van der Waals surface area contributed by atoms with Crippen molar-refractivity contribution >= 4 is 11.6 Å². The lowest BCUT2D eigenvalue weighted by Crippen LogP contribution is -2.13. The Morgan fingerprint density at radius 3 is 2.69 bits per heavy atom. The van der Waals surface area contributed by atoms with Gasteiger partial charge in [0.15, 0.2) is 0 Å². The number of halogens is 3. The van der Waals surface area contributed by atoms with Crippen molar-refractivity contribution in [1.82, 2.24) is 4.98 Å². The summed E-state index contributed by atoms with van der Waals surface area (Å²) in [6.07, 6.45) is -2.02. The van der Waals surface area contributed by atoms with Gasteiger partial charge in [-0.1, -0.05) is 11.6 Å². The first kappa shape index (κ1) is 10.1. The van der Waals surface area contributed by atoms with Crippen molar-refractivity contribution in [1.29, 1.82) is 0 Å². The van der Waals surface area contributed by atoms with E-state index in [1.54, 1.807) is 0 Å². The Hall–Kier alpha value is -0.940. The van der Waals surface area contributed by atoms with E-state index >= 15 is 0 Å². The molecule has 0 fully saturated rings. The second-order valence-corrected chi connectivity index (χ2v) is 2.70. The number of aliphatic hydroxyl groups excluding tert-OH is 1. The van der Waals surface area contributed by atoms with Crippen LogP contribution in [0.5, 0.6) is 0 Å². The highest BCUT2D eigenvalue weighted by Crippen LogP contribution is 2.17. The first-order valence-corrected chi connectivity index (χ1v) is 3.74. The first-order valence-electron chi connectivity index (χ1n) is 3.37. The third-order valence-corrected chi connectivity index (χ3v) is 1.92. The van der Waals surface area contributed by atoms with Crippen LogP contribution in [-0.2, 0) is 6.61 Å². The summed E-state index contributed by atoms with van der Waals surface area (Å²) in [5, 5.41) is 8.24. The van der Waals surface area contributed by atoms with Crippen LogP contribution in [-0.4, -0.2) is 10.1 Å². The summed E-state index contributed by atoms with van der Waals surface area (Å²) in [6, 6.07) is 0. The molecule has 13 heavy (non-hydrogen) atoms. The van der Waals surface area contributed by atoms with Crippen molar-refractivity contribution in [3.63, 3.8) is 0 Å². The number of hydrogen-bond acceptors (Lipinski definition) is 2. The van der Waals surface area contributed by atoms with E-state index in [-0.39, 0.29) is 10.7 Å². The van der Waals surface area contributed by atoms with Crippen molar-refractivity contribution in [3.8, 4) is 0 Å². The maximum Gasteiger partial charge on any atom is 0.269 e. The molecule has 1 aromatic rings. The largest absolute Gasteiger partial charge is 0.390 e. The van der Waals surface area contributed by atoms with E-state index in [9.17, 15) is 13.6 Å². The Bertz CT molecular complexity index is 364. The predicted molar refractivity (Wildman–Crippen MR) is 43.0 cm³/mol. The van der Waals surface area contributed by atoms with Gasteiger partial charge in [-0.2, -0.15) is 0 Å². The number of alkyl halides is 2. The number of hydrogen-bond donors (Lipinski definition) is 2. The molecule has 0 radical (unpaired) electrons. The molecule has 1 rings (SSSR count). The Labute approximate surface area is 77.0 Å². The standard InChI is InChI=1S/C7H6ClF2NO2/c8-5-4(2-12)11-1-3(6(5)13)7(9)10/h1,7,12H,2H2,(H,11,13). The van der Waals surface area contributed by atoms with Gasteiger partial charge in [0.05, 0.1) is 17.9 Å². The molecular formula is C7H6ClF2NO2. The highest BCUT2D eigenvalue weighted by atomic mass is 35.5. The molecule has 6 heteroatoms. The average molecular weight is 210 g/mol. The Morgan fingerprint density at radius 2 is 2.23 bits per heavy atom. The highest BCUT2D eigenvalue weighted by Gasteiger charge is 2.15. The zero-order chi connectivity index (χ0) is 10.0. The van der Waals surface area contributed by atoms with Crippen LogP contribution in [0.2, 0.25) is 5.02 Å². The van der Waals surface area contributed by atoms with E-state index in [2.05, 4.69) is 4.98 Å². The zero-order valence-corrected chi connectivity index (χ0v) is 7.11. The number of H-pyrrole nitrogens is 1. The molecule has 0 bridgehead atoms. The van der Waals surface area contributed by atoms with Gasteiger partial charge in [0, 0.05) is 6.20 Å². The Kier molecular flexibility index (Phi) is 3.00. The van der Waals surface area contributed by atoms with E-state index in [0.717, 1.165) is 6.20 Å². The summed E-state index contributed by atoms with van der Waals surface area (Å²) < 4.78 is 24.2. The van der Waals surface area contributed by atoms with Crippen LogP contribution in [0.3, 0.4) is 0 Å².